The number of imidazole rings is 1. The number of rotatable bonds is 2. The number of anilines is 1. The van der Waals surface area contributed by atoms with Crippen molar-refractivity contribution in [1.29, 1.82) is 0 Å². The van der Waals surface area contributed by atoms with Gasteiger partial charge in [0.15, 0.2) is 0 Å². The van der Waals surface area contributed by atoms with Crippen LogP contribution in [0.25, 0.3) is 11.0 Å². The second kappa shape index (κ2) is 4.22. The van der Waals surface area contributed by atoms with Gasteiger partial charge in [0.25, 0.3) is 0 Å². The summed E-state index contributed by atoms with van der Waals surface area (Å²) in [6.45, 7) is 10.9. The number of benzene rings is 1. The van der Waals surface area contributed by atoms with Crippen molar-refractivity contribution >= 4 is 17.0 Å². The van der Waals surface area contributed by atoms with E-state index >= 15 is 0 Å². The summed E-state index contributed by atoms with van der Waals surface area (Å²) in [5.74, 6) is 0.153. The minimum Gasteiger partial charge on any atom is -0.369 e. The van der Waals surface area contributed by atoms with E-state index in [0.717, 1.165) is 11.9 Å². The highest BCUT2D eigenvalue weighted by molar-refractivity contribution is 5.78. The molecule has 2 N–H and O–H groups in total. The van der Waals surface area contributed by atoms with Gasteiger partial charge in [-0.1, -0.05) is 20.8 Å². The van der Waals surface area contributed by atoms with Crippen LogP contribution in [-0.4, -0.2) is 9.55 Å². The maximum Gasteiger partial charge on any atom is 0.201 e. The molecule has 0 unspecified atom stereocenters. The van der Waals surface area contributed by atoms with Crippen molar-refractivity contribution in [2.24, 2.45) is 5.41 Å². The number of aromatic nitrogens is 2. The molecule has 1 aromatic carbocycles. The summed E-state index contributed by atoms with van der Waals surface area (Å²) >= 11 is 0. The van der Waals surface area contributed by atoms with Gasteiger partial charge in [0.2, 0.25) is 5.95 Å². The van der Waals surface area contributed by atoms with E-state index in [4.69, 9.17) is 5.73 Å². The summed E-state index contributed by atoms with van der Waals surface area (Å²) in [5, 5.41) is 0. The predicted octanol–water partition coefficient (Wildman–Crippen LogP) is 3.93. The lowest BCUT2D eigenvalue weighted by Crippen LogP contribution is -2.32. The first-order chi connectivity index (χ1) is 8.60. The minimum atomic E-state index is -0.286. The van der Waals surface area contributed by atoms with Crippen LogP contribution in [0.4, 0.5) is 10.3 Å². The van der Waals surface area contributed by atoms with E-state index in [1.54, 1.807) is 6.07 Å². The fraction of sp³-hybridized carbons (Fsp3) is 0.533. The molecule has 0 fully saturated rings. The molecule has 2 rings (SSSR count). The molecule has 0 bridgehead atoms. The highest BCUT2D eigenvalue weighted by atomic mass is 19.1. The third kappa shape index (κ3) is 2.72. The van der Waals surface area contributed by atoms with E-state index in [2.05, 4.69) is 39.6 Å². The summed E-state index contributed by atoms with van der Waals surface area (Å²) in [6.07, 6.45) is 0.951. The molecule has 0 aliphatic heterocycles. The molecular formula is C15H22FN3. The van der Waals surface area contributed by atoms with Crippen molar-refractivity contribution in [1.82, 2.24) is 9.55 Å². The van der Waals surface area contributed by atoms with Crippen molar-refractivity contribution in [3.63, 3.8) is 0 Å². The lowest BCUT2D eigenvalue weighted by molar-refractivity contribution is 0.222. The number of nitrogen functional groups attached to an aromatic ring is 1. The fourth-order valence-corrected chi connectivity index (χ4v) is 3.09. The molecule has 4 heteroatoms. The van der Waals surface area contributed by atoms with Crippen LogP contribution < -0.4 is 5.73 Å². The molecule has 0 amide bonds. The van der Waals surface area contributed by atoms with E-state index in [-0.39, 0.29) is 16.8 Å². The second-order valence-corrected chi connectivity index (χ2v) is 6.99. The number of nitrogens with zero attached hydrogens (tertiary/aromatic N) is 2. The molecule has 1 heterocycles. The van der Waals surface area contributed by atoms with Gasteiger partial charge in [-0.05, 0) is 37.8 Å². The van der Waals surface area contributed by atoms with Crippen LogP contribution in [0, 0.1) is 11.2 Å². The molecule has 2 aromatic rings. The largest absolute Gasteiger partial charge is 0.369 e. The predicted molar refractivity (Wildman–Crippen MR) is 77.5 cm³/mol. The minimum absolute atomic E-state index is 0.172. The second-order valence-electron chi connectivity index (χ2n) is 6.99. The van der Waals surface area contributed by atoms with Gasteiger partial charge in [-0.2, -0.15) is 0 Å². The van der Waals surface area contributed by atoms with Crippen LogP contribution in [0.1, 0.15) is 41.0 Å². The Morgan fingerprint density at radius 3 is 2.42 bits per heavy atom. The quantitative estimate of drug-likeness (QED) is 0.892. The van der Waals surface area contributed by atoms with Crippen molar-refractivity contribution in [2.45, 2.75) is 46.6 Å². The summed E-state index contributed by atoms with van der Waals surface area (Å²) in [5.41, 5.74) is 7.53. The lowest BCUT2D eigenvalue weighted by Gasteiger charge is -2.34. The number of halogens is 1. The third-order valence-corrected chi connectivity index (χ3v) is 3.21. The normalized spacial score (nSPS) is 13.2. The molecule has 0 aliphatic rings. The highest BCUT2D eigenvalue weighted by Crippen LogP contribution is 2.36. The average Bonchev–Trinajstić information content (AvgIpc) is 2.49. The molecule has 0 saturated carbocycles. The van der Waals surface area contributed by atoms with Crippen LogP contribution in [-0.2, 0) is 5.54 Å². The Morgan fingerprint density at radius 1 is 1.21 bits per heavy atom. The summed E-state index contributed by atoms with van der Waals surface area (Å²) in [7, 11) is 0. The molecule has 0 spiro atoms. The van der Waals surface area contributed by atoms with Gasteiger partial charge in [-0.3, -0.25) is 0 Å². The van der Waals surface area contributed by atoms with Crippen LogP contribution in [0.5, 0.6) is 0 Å². The zero-order valence-electron chi connectivity index (χ0n) is 12.3. The van der Waals surface area contributed by atoms with Crippen LogP contribution in [0.2, 0.25) is 0 Å². The van der Waals surface area contributed by atoms with Gasteiger partial charge in [-0.15, -0.1) is 0 Å². The first-order valence-electron chi connectivity index (χ1n) is 6.54. The maximum atomic E-state index is 13.3. The molecule has 0 atom stereocenters. The Kier molecular flexibility index (Phi) is 3.07. The molecule has 0 saturated heterocycles. The fourth-order valence-electron chi connectivity index (χ4n) is 3.09. The Balaban J connectivity index is 2.58. The summed E-state index contributed by atoms with van der Waals surface area (Å²) in [6, 6.07) is 4.63. The standard InChI is InChI=1S/C15H22FN3/c1-14(2,3)9-15(4,5)19-12-7-6-10(16)8-11(12)18-13(19)17/h6-8H,9H2,1-5H3,(H2,17,18). The Labute approximate surface area is 113 Å². The Morgan fingerprint density at radius 2 is 1.84 bits per heavy atom. The van der Waals surface area contributed by atoms with Gasteiger partial charge in [-0.25, -0.2) is 9.37 Å². The third-order valence-electron chi connectivity index (χ3n) is 3.21. The lowest BCUT2D eigenvalue weighted by atomic mass is 9.81. The SMILES string of the molecule is CC(C)(C)CC(C)(C)n1c(N)nc2cc(F)ccc21. The molecule has 0 radical (unpaired) electrons. The average molecular weight is 263 g/mol. The molecular weight excluding hydrogens is 241 g/mol. The van der Waals surface area contributed by atoms with Gasteiger partial charge in [0, 0.05) is 11.6 Å². The molecule has 104 valence electrons. The number of nitrogens with two attached hydrogens (primary N) is 1. The summed E-state index contributed by atoms with van der Waals surface area (Å²) < 4.78 is 15.3. The van der Waals surface area contributed by atoms with Crippen molar-refractivity contribution in [3.05, 3.63) is 24.0 Å². The van der Waals surface area contributed by atoms with Crippen molar-refractivity contribution in [3.8, 4) is 0 Å². The van der Waals surface area contributed by atoms with Gasteiger partial charge < -0.3 is 10.3 Å². The van der Waals surface area contributed by atoms with E-state index in [1.807, 2.05) is 4.57 Å². The molecule has 19 heavy (non-hydrogen) atoms. The zero-order valence-corrected chi connectivity index (χ0v) is 12.3. The van der Waals surface area contributed by atoms with Crippen LogP contribution in [0.15, 0.2) is 18.2 Å². The highest BCUT2D eigenvalue weighted by Gasteiger charge is 2.30. The number of hydrogen-bond donors (Lipinski definition) is 1. The van der Waals surface area contributed by atoms with E-state index in [9.17, 15) is 4.39 Å². The molecule has 0 aliphatic carbocycles. The Bertz CT molecular complexity index is 606. The van der Waals surface area contributed by atoms with Crippen LogP contribution in [0.3, 0.4) is 0 Å². The molecule has 3 nitrogen and oxygen atoms in total. The van der Waals surface area contributed by atoms with Gasteiger partial charge in [0.1, 0.15) is 5.82 Å². The van der Waals surface area contributed by atoms with Crippen molar-refractivity contribution in [2.75, 3.05) is 5.73 Å². The van der Waals surface area contributed by atoms with E-state index in [1.165, 1.54) is 12.1 Å². The topological polar surface area (TPSA) is 43.8 Å². The first-order valence-corrected chi connectivity index (χ1v) is 6.54. The first kappa shape index (κ1) is 13.8. The Hall–Kier alpha value is -1.58. The van der Waals surface area contributed by atoms with Gasteiger partial charge >= 0.3 is 0 Å². The number of hydrogen-bond acceptors (Lipinski definition) is 2. The molecule has 1 aromatic heterocycles. The zero-order chi connectivity index (χ0) is 14.4. The van der Waals surface area contributed by atoms with E-state index < -0.39 is 0 Å². The van der Waals surface area contributed by atoms with Crippen LogP contribution >= 0.6 is 0 Å². The monoisotopic (exact) mass is 263 g/mol. The number of fused-ring (bicyclic) bond motifs is 1. The summed E-state index contributed by atoms with van der Waals surface area (Å²) in [4.78, 5) is 4.27. The van der Waals surface area contributed by atoms with Gasteiger partial charge in [0.05, 0.1) is 11.0 Å². The van der Waals surface area contributed by atoms with Crippen molar-refractivity contribution < 1.29 is 4.39 Å². The smallest absolute Gasteiger partial charge is 0.201 e. The maximum absolute atomic E-state index is 13.3. The van der Waals surface area contributed by atoms with E-state index in [0.29, 0.717) is 11.5 Å².